The molecule has 0 aromatic rings. The average Bonchev–Trinajstić information content (AvgIpc) is 1.58. The van der Waals surface area contributed by atoms with Crippen LogP contribution in [0.2, 0.25) is 0 Å². The molecule has 2 heteroatoms. The average molecular weight is 142 g/mol. The summed E-state index contributed by atoms with van der Waals surface area (Å²) in [6.07, 6.45) is 1.10. The van der Waals surface area contributed by atoms with Crippen LogP contribution < -0.4 is 0 Å². The molecule has 0 fully saturated rings. The molecule has 0 saturated carbocycles. The number of nitrogens with zero attached hydrogens (tertiary/aromatic N) is 2. The molecule has 0 atom stereocenters. The molecule has 0 saturated heterocycles. The van der Waals surface area contributed by atoms with Crippen molar-refractivity contribution in [2.24, 2.45) is 11.0 Å². The van der Waals surface area contributed by atoms with Gasteiger partial charge in [-0.15, -0.1) is 0 Å². The Morgan fingerprint density at radius 2 is 1.90 bits per heavy atom. The summed E-state index contributed by atoms with van der Waals surface area (Å²) in [6.45, 7) is 6.48. The van der Waals surface area contributed by atoms with Gasteiger partial charge in [0.25, 0.3) is 0 Å². The minimum atomic E-state index is 0.712. The van der Waals surface area contributed by atoms with E-state index in [4.69, 9.17) is 0 Å². The summed E-state index contributed by atoms with van der Waals surface area (Å²) >= 11 is 0. The second kappa shape index (κ2) is 4.31. The molecule has 60 valence electrons. The summed E-state index contributed by atoms with van der Waals surface area (Å²) in [4.78, 5) is 0. The maximum Gasteiger partial charge on any atom is 0.0352 e. The van der Waals surface area contributed by atoms with Crippen LogP contribution in [0.15, 0.2) is 5.10 Å². The lowest BCUT2D eigenvalue weighted by Gasteiger charge is -2.08. The van der Waals surface area contributed by atoms with Gasteiger partial charge in [-0.2, -0.15) is 5.10 Å². The van der Waals surface area contributed by atoms with Crippen LogP contribution in [0.1, 0.15) is 27.2 Å². The third-order valence-electron chi connectivity index (χ3n) is 1.07. The van der Waals surface area contributed by atoms with Gasteiger partial charge in [0, 0.05) is 19.8 Å². The molecular weight excluding hydrogens is 124 g/mol. The largest absolute Gasteiger partial charge is 0.303 e. The molecular formula is C8H18N2. The van der Waals surface area contributed by atoms with Gasteiger partial charge in [0.2, 0.25) is 0 Å². The Morgan fingerprint density at radius 3 is 2.20 bits per heavy atom. The van der Waals surface area contributed by atoms with Gasteiger partial charge in [0.05, 0.1) is 0 Å². The van der Waals surface area contributed by atoms with E-state index in [-0.39, 0.29) is 0 Å². The van der Waals surface area contributed by atoms with Crippen molar-refractivity contribution >= 4 is 5.71 Å². The lowest BCUT2D eigenvalue weighted by molar-refractivity contribution is 0.434. The molecule has 0 rings (SSSR count). The topological polar surface area (TPSA) is 15.6 Å². The minimum absolute atomic E-state index is 0.712. The molecule has 2 nitrogen and oxygen atoms in total. The summed E-state index contributed by atoms with van der Waals surface area (Å²) in [7, 11) is 3.90. The predicted molar refractivity (Wildman–Crippen MR) is 46.3 cm³/mol. The molecule has 0 aliphatic heterocycles. The third-order valence-corrected chi connectivity index (χ3v) is 1.07. The van der Waals surface area contributed by atoms with Gasteiger partial charge < -0.3 is 5.01 Å². The van der Waals surface area contributed by atoms with Gasteiger partial charge >= 0.3 is 0 Å². The molecule has 0 aromatic carbocycles. The Hall–Kier alpha value is -0.530. The van der Waals surface area contributed by atoms with Crippen molar-refractivity contribution in [3.8, 4) is 0 Å². The van der Waals surface area contributed by atoms with Crippen LogP contribution in [0.25, 0.3) is 0 Å². The smallest absolute Gasteiger partial charge is 0.0352 e. The fraction of sp³-hybridized carbons (Fsp3) is 0.875. The van der Waals surface area contributed by atoms with E-state index < -0.39 is 0 Å². The quantitative estimate of drug-likeness (QED) is 0.434. The summed E-state index contributed by atoms with van der Waals surface area (Å²) in [5.41, 5.74) is 1.21. The van der Waals surface area contributed by atoms with Crippen molar-refractivity contribution in [2.45, 2.75) is 27.2 Å². The standard InChI is InChI=1S/C8H18N2/c1-7(2)6-8(3)9-10(4)5/h7H,6H2,1-5H3. The van der Waals surface area contributed by atoms with Crippen LogP contribution in [-0.4, -0.2) is 24.8 Å². The Labute approximate surface area is 63.9 Å². The first-order valence-electron chi connectivity index (χ1n) is 3.73. The zero-order chi connectivity index (χ0) is 8.15. The highest BCUT2D eigenvalue weighted by Gasteiger charge is 1.96. The monoisotopic (exact) mass is 142 g/mol. The number of hydrogen-bond acceptors (Lipinski definition) is 2. The van der Waals surface area contributed by atoms with Crippen molar-refractivity contribution in [1.82, 2.24) is 5.01 Å². The lowest BCUT2D eigenvalue weighted by atomic mass is 10.1. The van der Waals surface area contributed by atoms with Crippen molar-refractivity contribution < 1.29 is 0 Å². The van der Waals surface area contributed by atoms with Gasteiger partial charge in [0.15, 0.2) is 0 Å². The van der Waals surface area contributed by atoms with Crippen molar-refractivity contribution in [3.05, 3.63) is 0 Å². The summed E-state index contributed by atoms with van der Waals surface area (Å²) < 4.78 is 0. The van der Waals surface area contributed by atoms with Crippen molar-refractivity contribution in [1.29, 1.82) is 0 Å². The summed E-state index contributed by atoms with van der Waals surface area (Å²) in [6, 6.07) is 0. The fourth-order valence-electron chi connectivity index (χ4n) is 0.973. The highest BCUT2D eigenvalue weighted by molar-refractivity contribution is 5.81. The fourth-order valence-corrected chi connectivity index (χ4v) is 0.973. The van der Waals surface area contributed by atoms with Crippen molar-refractivity contribution in [2.75, 3.05) is 14.1 Å². The van der Waals surface area contributed by atoms with Gasteiger partial charge in [-0.1, -0.05) is 13.8 Å². The van der Waals surface area contributed by atoms with Crippen LogP contribution in [0.3, 0.4) is 0 Å². The molecule has 0 radical (unpaired) electrons. The molecule has 0 N–H and O–H groups in total. The van der Waals surface area contributed by atoms with Crippen LogP contribution in [0.5, 0.6) is 0 Å². The zero-order valence-electron chi connectivity index (χ0n) is 7.68. The van der Waals surface area contributed by atoms with Gasteiger partial charge in [-0.25, -0.2) is 0 Å². The van der Waals surface area contributed by atoms with E-state index in [1.807, 2.05) is 19.1 Å². The lowest BCUT2D eigenvalue weighted by Crippen LogP contribution is -2.08. The molecule has 0 heterocycles. The molecule has 0 aliphatic carbocycles. The predicted octanol–water partition coefficient (Wildman–Crippen LogP) is 1.97. The Morgan fingerprint density at radius 1 is 1.40 bits per heavy atom. The first-order chi connectivity index (χ1) is 4.52. The highest BCUT2D eigenvalue weighted by Crippen LogP contribution is 2.01. The highest BCUT2D eigenvalue weighted by atomic mass is 15.4. The van der Waals surface area contributed by atoms with Crippen LogP contribution in [0, 0.1) is 5.92 Å². The Kier molecular flexibility index (Phi) is 4.08. The van der Waals surface area contributed by atoms with E-state index >= 15 is 0 Å². The molecule has 0 spiro atoms. The second-order valence-corrected chi connectivity index (χ2v) is 3.28. The number of hydrazone groups is 1. The first kappa shape index (κ1) is 9.47. The van der Waals surface area contributed by atoms with E-state index in [0.29, 0.717) is 5.92 Å². The van der Waals surface area contributed by atoms with Gasteiger partial charge in [-0.05, 0) is 19.3 Å². The Balaban J connectivity index is 3.71. The van der Waals surface area contributed by atoms with E-state index in [1.165, 1.54) is 5.71 Å². The molecule has 10 heavy (non-hydrogen) atoms. The molecule has 0 aromatic heterocycles. The minimum Gasteiger partial charge on any atom is -0.303 e. The third kappa shape index (κ3) is 5.60. The van der Waals surface area contributed by atoms with E-state index in [9.17, 15) is 0 Å². The van der Waals surface area contributed by atoms with Gasteiger partial charge in [0.1, 0.15) is 0 Å². The normalized spacial score (nSPS) is 12.4. The van der Waals surface area contributed by atoms with Crippen LogP contribution in [-0.2, 0) is 0 Å². The summed E-state index contributed by atoms with van der Waals surface area (Å²) in [5.74, 6) is 0.712. The molecule has 0 bridgehead atoms. The maximum absolute atomic E-state index is 4.27. The van der Waals surface area contributed by atoms with E-state index in [0.717, 1.165) is 6.42 Å². The van der Waals surface area contributed by atoms with Crippen LogP contribution >= 0.6 is 0 Å². The van der Waals surface area contributed by atoms with E-state index in [2.05, 4.69) is 25.9 Å². The van der Waals surface area contributed by atoms with Crippen LogP contribution in [0.4, 0.5) is 0 Å². The number of hydrogen-bond donors (Lipinski definition) is 0. The molecule has 0 unspecified atom stereocenters. The number of rotatable bonds is 3. The summed E-state index contributed by atoms with van der Waals surface area (Å²) in [5, 5.41) is 6.11. The maximum atomic E-state index is 4.27. The first-order valence-corrected chi connectivity index (χ1v) is 3.73. The zero-order valence-corrected chi connectivity index (χ0v) is 7.68. The van der Waals surface area contributed by atoms with Crippen molar-refractivity contribution in [3.63, 3.8) is 0 Å². The van der Waals surface area contributed by atoms with Gasteiger partial charge in [-0.3, -0.25) is 0 Å². The SMILES string of the molecule is CC(CC(C)C)=NN(C)C. The Bertz CT molecular complexity index is 114. The molecule has 0 aliphatic rings. The van der Waals surface area contributed by atoms with E-state index in [1.54, 1.807) is 0 Å². The molecule has 0 amide bonds. The second-order valence-electron chi connectivity index (χ2n) is 3.28.